The van der Waals surface area contributed by atoms with Gasteiger partial charge in [0.15, 0.2) is 0 Å². The van der Waals surface area contributed by atoms with Gasteiger partial charge in [-0.1, -0.05) is 12.1 Å². The van der Waals surface area contributed by atoms with Crippen LogP contribution in [0.4, 0.5) is 0 Å². The van der Waals surface area contributed by atoms with Crippen LogP contribution in [0.5, 0.6) is 5.75 Å². The van der Waals surface area contributed by atoms with E-state index in [2.05, 4.69) is 10.6 Å². The summed E-state index contributed by atoms with van der Waals surface area (Å²) in [5.74, 6) is -0.833. The second-order valence-electron chi connectivity index (χ2n) is 5.83. The van der Waals surface area contributed by atoms with Crippen molar-refractivity contribution in [3.8, 4) is 5.75 Å². The molecule has 1 aromatic heterocycles. The van der Waals surface area contributed by atoms with Crippen molar-refractivity contribution in [2.75, 3.05) is 26.2 Å². The maximum Gasteiger partial charge on any atom is 0.267 e. The van der Waals surface area contributed by atoms with Gasteiger partial charge in [0.1, 0.15) is 11.3 Å². The number of aliphatic hydroxyl groups excluding tert-OH is 1. The molecule has 2 aromatic rings. The van der Waals surface area contributed by atoms with Crippen molar-refractivity contribution in [3.63, 3.8) is 0 Å². The zero-order valence-electron chi connectivity index (χ0n) is 13.3. The first-order valence-corrected chi connectivity index (χ1v) is 8.12. The van der Waals surface area contributed by atoms with Crippen molar-refractivity contribution in [2.24, 2.45) is 0 Å². The Balaban J connectivity index is 1.94. The lowest BCUT2D eigenvalue weighted by molar-refractivity contribution is 0.0949. The third kappa shape index (κ3) is 2.88. The fourth-order valence-electron chi connectivity index (χ4n) is 3.18. The normalized spacial score (nSPS) is 13.2. The van der Waals surface area contributed by atoms with E-state index in [4.69, 9.17) is 5.11 Å². The van der Waals surface area contributed by atoms with Gasteiger partial charge in [-0.2, -0.15) is 0 Å². The molecule has 0 unspecified atom stereocenters. The highest BCUT2D eigenvalue weighted by Crippen LogP contribution is 2.31. The van der Waals surface area contributed by atoms with Crippen LogP contribution in [-0.2, 0) is 13.0 Å². The number of nitrogens with zero attached hydrogens (tertiary/aromatic N) is 1. The van der Waals surface area contributed by atoms with Gasteiger partial charge in [0.2, 0.25) is 0 Å². The molecule has 128 valence electrons. The molecule has 1 aliphatic heterocycles. The van der Waals surface area contributed by atoms with Gasteiger partial charge in [0, 0.05) is 31.6 Å². The molecule has 24 heavy (non-hydrogen) atoms. The Labute approximate surface area is 138 Å². The van der Waals surface area contributed by atoms with E-state index in [9.17, 15) is 14.7 Å². The molecular weight excluding hydrogens is 310 g/mol. The molecule has 4 N–H and O–H groups in total. The molecule has 3 rings (SSSR count). The summed E-state index contributed by atoms with van der Waals surface area (Å²) in [4.78, 5) is 25.1. The molecule has 0 spiro atoms. The number of pyridine rings is 1. The molecule has 0 radical (unpaired) electrons. The fourth-order valence-corrected chi connectivity index (χ4v) is 3.18. The van der Waals surface area contributed by atoms with Crippen LogP contribution in [0.25, 0.3) is 10.9 Å². The standard InChI is InChI=1S/C17H21N3O4/c21-10-8-18-6-7-19-16(23)13-15(22)12-5-1-3-11-4-2-9-20(14(11)12)17(13)24/h1,3,5,18,21-22H,2,4,6-10H2,(H,19,23). The number of aromatic hydroxyl groups is 1. The minimum absolute atomic E-state index is 0.0203. The van der Waals surface area contributed by atoms with Crippen LogP contribution in [-0.4, -0.2) is 46.9 Å². The van der Waals surface area contributed by atoms with Gasteiger partial charge in [-0.05, 0) is 24.5 Å². The van der Waals surface area contributed by atoms with Crippen LogP contribution >= 0.6 is 0 Å². The molecule has 1 aromatic carbocycles. The Hall–Kier alpha value is -2.38. The van der Waals surface area contributed by atoms with E-state index in [1.165, 1.54) is 0 Å². The van der Waals surface area contributed by atoms with Crippen molar-refractivity contribution in [2.45, 2.75) is 19.4 Å². The number of benzene rings is 1. The molecule has 1 aliphatic rings. The number of aryl methyl sites for hydroxylation is 2. The molecule has 2 heterocycles. The van der Waals surface area contributed by atoms with E-state index < -0.39 is 11.5 Å². The fraction of sp³-hybridized carbons (Fsp3) is 0.412. The number of hydrogen-bond donors (Lipinski definition) is 4. The van der Waals surface area contributed by atoms with Gasteiger partial charge in [0.25, 0.3) is 11.5 Å². The van der Waals surface area contributed by atoms with Crippen LogP contribution in [0.3, 0.4) is 0 Å². The Bertz CT molecular complexity index is 829. The second kappa shape index (κ2) is 7.02. The first kappa shape index (κ1) is 16.5. The van der Waals surface area contributed by atoms with E-state index in [0.29, 0.717) is 31.6 Å². The lowest BCUT2D eigenvalue weighted by Crippen LogP contribution is -2.37. The molecule has 0 bridgehead atoms. The van der Waals surface area contributed by atoms with Crippen LogP contribution < -0.4 is 16.2 Å². The number of carbonyl (C=O) groups excluding carboxylic acids is 1. The van der Waals surface area contributed by atoms with Crippen LogP contribution in [0.2, 0.25) is 0 Å². The quantitative estimate of drug-likeness (QED) is 0.557. The molecule has 0 atom stereocenters. The summed E-state index contributed by atoms with van der Waals surface area (Å²) >= 11 is 0. The summed E-state index contributed by atoms with van der Waals surface area (Å²) in [5.41, 5.74) is 1.09. The van der Waals surface area contributed by atoms with Crippen molar-refractivity contribution in [1.82, 2.24) is 15.2 Å². The Morgan fingerprint density at radius 1 is 1.25 bits per heavy atom. The number of rotatable bonds is 6. The summed E-state index contributed by atoms with van der Waals surface area (Å²) in [6.07, 6.45) is 1.70. The molecule has 0 saturated carbocycles. The minimum atomic E-state index is -0.579. The van der Waals surface area contributed by atoms with Crippen LogP contribution in [0.1, 0.15) is 22.3 Å². The smallest absolute Gasteiger partial charge is 0.267 e. The highest BCUT2D eigenvalue weighted by Gasteiger charge is 2.24. The maximum absolute atomic E-state index is 12.7. The lowest BCUT2D eigenvalue weighted by atomic mass is 9.99. The van der Waals surface area contributed by atoms with Crippen LogP contribution in [0, 0.1) is 0 Å². The summed E-state index contributed by atoms with van der Waals surface area (Å²) in [6.45, 7) is 1.78. The SMILES string of the molecule is O=C(NCCNCCO)c1c(O)c2cccc3c2n(c1=O)CCC3. The molecule has 7 nitrogen and oxygen atoms in total. The largest absolute Gasteiger partial charge is 0.506 e. The number of aliphatic hydroxyl groups is 1. The molecule has 0 saturated heterocycles. The van der Waals surface area contributed by atoms with Gasteiger partial charge < -0.3 is 25.4 Å². The maximum atomic E-state index is 12.7. The zero-order valence-corrected chi connectivity index (χ0v) is 13.3. The van der Waals surface area contributed by atoms with Gasteiger partial charge in [-0.3, -0.25) is 9.59 Å². The molecule has 7 heteroatoms. The molecule has 0 fully saturated rings. The first-order chi connectivity index (χ1) is 11.6. The number of aromatic nitrogens is 1. The minimum Gasteiger partial charge on any atom is -0.506 e. The topological polar surface area (TPSA) is 104 Å². The summed E-state index contributed by atoms with van der Waals surface area (Å²) in [7, 11) is 0. The highest BCUT2D eigenvalue weighted by atomic mass is 16.3. The van der Waals surface area contributed by atoms with Crippen molar-refractivity contribution in [3.05, 3.63) is 39.7 Å². The second-order valence-corrected chi connectivity index (χ2v) is 5.83. The molecular formula is C17H21N3O4. The zero-order chi connectivity index (χ0) is 17.1. The van der Waals surface area contributed by atoms with Crippen molar-refractivity contribution >= 4 is 16.8 Å². The van der Waals surface area contributed by atoms with Gasteiger partial charge in [-0.15, -0.1) is 0 Å². The predicted molar refractivity (Wildman–Crippen MR) is 90.5 cm³/mol. The predicted octanol–water partition coefficient (Wildman–Crippen LogP) is -0.0350. The van der Waals surface area contributed by atoms with E-state index in [1.807, 2.05) is 12.1 Å². The van der Waals surface area contributed by atoms with Crippen LogP contribution in [0.15, 0.2) is 23.0 Å². The van der Waals surface area contributed by atoms with E-state index in [-0.39, 0.29) is 17.9 Å². The average Bonchev–Trinajstić information content (AvgIpc) is 2.59. The Morgan fingerprint density at radius 3 is 2.88 bits per heavy atom. The number of carbonyl (C=O) groups is 1. The van der Waals surface area contributed by atoms with Gasteiger partial charge >= 0.3 is 0 Å². The van der Waals surface area contributed by atoms with Gasteiger partial charge in [0.05, 0.1) is 12.1 Å². The lowest BCUT2D eigenvalue weighted by Gasteiger charge is -2.21. The van der Waals surface area contributed by atoms with Gasteiger partial charge in [-0.25, -0.2) is 0 Å². The van der Waals surface area contributed by atoms with Crippen molar-refractivity contribution < 1.29 is 15.0 Å². The Kier molecular flexibility index (Phi) is 4.82. The number of amides is 1. The van der Waals surface area contributed by atoms with E-state index in [1.54, 1.807) is 10.6 Å². The summed E-state index contributed by atoms with van der Waals surface area (Å²) in [5, 5.41) is 25.3. The third-order valence-electron chi connectivity index (χ3n) is 4.27. The van der Waals surface area contributed by atoms with E-state index in [0.717, 1.165) is 23.9 Å². The molecule has 0 aliphatic carbocycles. The summed E-state index contributed by atoms with van der Waals surface area (Å²) in [6, 6.07) is 5.51. The number of hydrogen-bond acceptors (Lipinski definition) is 5. The Morgan fingerprint density at radius 2 is 2.08 bits per heavy atom. The summed E-state index contributed by atoms with van der Waals surface area (Å²) < 4.78 is 1.59. The third-order valence-corrected chi connectivity index (χ3v) is 4.27. The number of nitrogens with one attached hydrogen (secondary N) is 2. The monoisotopic (exact) mass is 331 g/mol. The van der Waals surface area contributed by atoms with E-state index >= 15 is 0 Å². The highest BCUT2D eigenvalue weighted by molar-refractivity contribution is 6.02. The average molecular weight is 331 g/mol. The molecule has 1 amide bonds. The van der Waals surface area contributed by atoms with Crippen molar-refractivity contribution in [1.29, 1.82) is 0 Å². The number of para-hydroxylation sites is 1. The first-order valence-electron chi connectivity index (χ1n) is 8.12.